The van der Waals surface area contributed by atoms with Gasteiger partial charge in [0.15, 0.2) is 0 Å². The zero-order valence-corrected chi connectivity index (χ0v) is 23.0. The molecule has 0 aliphatic carbocycles. The molecule has 12 nitrogen and oxygen atoms in total. The van der Waals surface area contributed by atoms with E-state index >= 15 is 0 Å². The number of nitrogens with zero attached hydrogens (tertiary/aromatic N) is 4. The van der Waals surface area contributed by atoms with Crippen molar-refractivity contribution in [1.82, 2.24) is 30.2 Å². The maximum Gasteiger partial charge on any atom is 0.258 e. The Balaban J connectivity index is 1.94. The Morgan fingerprint density at radius 1 is 1.15 bits per heavy atom. The van der Waals surface area contributed by atoms with Crippen LogP contribution in [0, 0.1) is 5.82 Å². The molecule has 1 fully saturated rings. The molecule has 1 aromatic carbocycles. The molecule has 3 rings (SSSR count). The Kier molecular flexibility index (Phi) is 9.84. The number of rotatable bonds is 4. The van der Waals surface area contributed by atoms with E-state index in [1.54, 1.807) is 23.9 Å². The van der Waals surface area contributed by atoms with Crippen LogP contribution in [-0.4, -0.2) is 129 Å². The molecule has 2 heterocycles. The summed E-state index contributed by atoms with van der Waals surface area (Å²) in [6, 6.07) is 1.72. The first-order valence-corrected chi connectivity index (χ1v) is 12.8. The van der Waals surface area contributed by atoms with Crippen molar-refractivity contribution in [3.8, 4) is 5.75 Å². The van der Waals surface area contributed by atoms with Crippen LogP contribution in [0.15, 0.2) is 18.2 Å². The van der Waals surface area contributed by atoms with E-state index in [9.17, 15) is 28.4 Å². The van der Waals surface area contributed by atoms with Gasteiger partial charge in [0.1, 0.15) is 24.2 Å². The lowest BCUT2D eigenvalue weighted by Gasteiger charge is -2.28. The zero-order chi connectivity index (χ0) is 28.9. The minimum atomic E-state index is -1.01. The Labute approximate surface area is 227 Å². The van der Waals surface area contributed by atoms with Gasteiger partial charge < -0.3 is 35.0 Å². The number of amides is 5. The van der Waals surface area contributed by atoms with E-state index < -0.39 is 29.7 Å². The van der Waals surface area contributed by atoms with Gasteiger partial charge in [0, 0.05) is 40.2 Å². The summed E-state index contributed by atoms with van der Waals surface area (Å²) in [5, 5.41) is 5.43. The third-order valence-corrected chi connectivity index (χ3v) is 6.93. The molecule has 13 heteroatoms. The summed E-state index contributed by atoms with van der Waals surface area (Å²) in [5.41, 5.74) is -0.0866. The predicted molar refractivity (Wildman–Crippen MR) is 139 cm³/mol. The molecule has 1 saturated heterocycles. The topological polar surface area (TPSA) is 132 Å². The van der Waals surface area contributed by atoms with Gasteiger partial charge in [-0.15, -0.1) is 0 Å². The minimum Gasteiger partial charge on any atom is -0.491 e. The van der Waals surface area contributed by atoms with Crippen LogP contribution in [-0.2, 0) is 19.2 Å². The lowest BCUT2D eigenvalue weighted by atomic mass is 10.1. The van der Waals surface area contributed by atoms with E-state index in [-0.39, 0.29) is 74.2 Å². The second kappa shape index (κ2) is 12.9. The number of ether oxygens (including phenoxy) is 1. The highest BCUT2D eigenvalue weighted by Crippen LogP contribution is 2.26. The first-order chi connectivity index (χ1) is 18.4. The number of nitrogens with one attached hydrogen (secondary N) is 2. The molecule has 0 radical (unpaired) electrons. The third kappa shape index (κ3) is 7.43. The molecular formula is C26H37FN6O6. The Morgan fingerprint density at radius 2 is 1.87 bits per heavy atom. The molecule has 1 aromatic rings. The number of hydrogen-bond acceptors (Lipinski definition) is 7. The molecule has 3 atom stereocenters. The SMILES string of the molecule is CNC(=O)[C@@H]1CCC(=O)N(C)CC(=O)N2C[C@@H](NC(=O)CN(C)C)C[C@H]2COc2ccc(F)cc2C(=O)N1C. The van der Waals surface area contributed by atoms with E-state index in [1.165, 1.54) is 32.1 Å². The van der Waals surface area contributed by atoms with Crippen LogP contribution in [0.1, 0.15) is 29.6 Å². The van der Waals surface area contributed by atoms with Gasteiger partial charge in [-0.2, -0.15) is 0 Å². The lowest BCUT2D eigenvalue weighted by Crippen LogP contribution is -2.48. The van der Waals surface area contributed by atoms with Crippen molar-refractivity contribution in [2.24, 2.45) is 0 Å². The molecule has 0 spiro atoms. The Bertz CT molecular complexity index is 1110. The van der Waals surface area contributed by atoms with Crippen molar-refractivity contribution in [3.63, 3.8) is 0 Å². The average molecular weight is 549 g/mol. The largest absolute Gasteiger partial charge is 0.491 e. The lowest BCUT2D eigenvalue weighted by molar-refractivity contribution is -0.140. The molecule has 39 heavy (non-hydrogen) atoms. The van der Waals surface area contributed by atoms with Gasteiger partial charge in [0.05, 0.1) is 24.7 Å². The maximum atomic E-state index is 14.2. The molecule has 214 valence electrons. The molecule has 0 saturated carbocycles. The monoisotopic (exact) mass is 548 g/mol. The van der Waals surface area contributed by atoms with Crippen molar-refractivity contribution >= 4 is 29.5 Å². The van der Waals surface area contributed by atoms with Crippen molar-refractivity contribution in [3.05, 3.63) is 29.6 Å². The van der Waals surface area contributed by atoms with Gasteiger partial charge in [-0.05, 0) is 45.1 Å². The van der Waals surface area contributed by atoms with Gasteiger partial charge in [-0.1, -0.05) is 0 Å². The normalized spacial score (nSPS) is 23.0. The van der Waals surface area contributed by atoms with E-state index in [0.29, 0.717) is 6.42 Å². The van der Waals surface area contributed by atoms with Crippen molar-refractivity contribution in [2.45, 2.75) is 37.4 Å². The highest BCUT2D eigenvalue weighted by Gasteiger charge is 2.38. The maximum absolute atomic E-state index is 14.2. The standard InChI is InChI=1S/C26H37FN6O6/c1-28-25(37)20-7-9-23(35)31(4)14-24(36)33-12-17(29-22(34)13-30(2)3)11-18(33)15-39-21-8-6-16(27)10-19(21)26(38)32(20)5/h6,8,10,17-18,20H,7,9,11-15H2,1-5H3,(H,28,37)(H,29,34)/t17-,18-,20-/m0/s1. The first-order valence-electron chi connectivity index (χ1n) is 12.8. The number of benzene rings is 1. The first kappa shape index (κ1) is 29.8. The fourth-order valence-corrected chi connectivity index (χ4v) is 4.86. The Morgan fingerprint density at radius 3 is 2.54 bits per heavy atom. The molecule has 5 amide bonds. The van der Waals surface area contributed by atoms with Crippen LogP contribution in [0.3, 0.4) is 0 Å². The summed E-state index contributed by atoms with van der Waals surface area (Å²) in [5.74, 6) is -2.58. The highest BCUT2D eigenvalue weighted by atomic mass is 19.1. The van der Waals surface area contributed by atoms with Gasteiger partial charge in [0.2, 0.25) is 23.6 Å². The van der Waals surface area contributed by atoms with Crippen molar-refractivity contribution in [2.75, 3.05) is 61.5 Å². The number of hydrogen-bond donors (Lipinski definition) is 2. The average Bonchev–Trinajstić information content (AvgIpc) is 3.28. The molecule has 2 aliphatic heterocycles. The smallest absolute Gasteiger partial charge is 0.258 e. The molecule has 0 aromatic heterocycles. The fourth-order valence-electron chi connectivity index (χ4n) is 4.86. The van der Waals surface area contributed by atoms with Crippen LogP contribution >= 0.6 is 0 Å². The van der Waals surface area contributed by atoms with Crippen molar-refractivity contribution < 1.29 is 33.1 Å². The van der Waals surface area contributed by atoms with Gasteiger partial charge in [-0.3, -0.25) is 24.0 Å². The molecule has 0 unspecified atom stereocenters. The highest BCUT2D eigenvalue weighted by molar-refractivity contribution is 5.99. The molecule has 2 N–H and O–H groups in total. The van der Waals surface area contributed by atoms with Crippen LogP contribution < -0.4 is 15.4 Å². The molecule has 2 aliphatic rings. The van der Waals surface area contributed by atoms with E-state index in [2.05, 4.69) is 10.6 Å². The van der Waals surface area contributed by atoms with Gasteiger partial charge in [-0.25, -0.2) is 4.39 Å². The summed E-state index contributed by atoms with van der Waals surface area (Å²) < 4.78 is 20.2. The number of likely N-dealkylation sites (N-methyl/N-ethyl adjacent to an activating group) is 4. The summed E-state index contributed by atoms with van der Waals surface area (Å²) in [6.07, 6.45) is 0.293. The fraction of sp³-hybridized carbons (Fsp3) is 0.577. The minimum absolute atomic E-state index is 0.00287. The van der Waals surface area contributed by atoms with Crippen LogP contribution in [0.2, 0.25) is 0 Å². The predicted octanol–water partition coefficient (Wildman–Crippen LogP) is -0.709. The number of carbonyl (C=O) groups excluding carboxylic acids is 5. The molecule has 0 bridgehead atoms. The van der Waals surface area contributed by atoms with E-state index in [1.807, 2.05) is 0 Å². The van der Waals surface area contributed by atoms with E-state index in [0.717, 1.165) is 17.0 Å². The summed E-state index contributed by atoms with van der Waals surface area (Å²) in [4.78, 5) is 70.3. The van der Waals surface area contributed by atoms with Crippen LogP contribution in [0.25, 0.3) is 0 Å². The van der Waals surface area contributed by atoms with Gasteiger partial charge in [0.25, 0.3) is 5.91 Å². The van der Waals surface area contributed by atoms with E-state index in [4.69, 9.17) is 4.74 Å². The number of halogens is 1. The quantitative estimate of drug-likeness (QED) is 0.508. The zero-order valence-electron chi connectivity index (χ0n) is 23.0. The second-order valence-electron chi connectivity index (χ2n) is 10.2. The van der Waals surface area contributed by atoms with Crippen LogP contribution in [0.5, 0.6) is 5.75 Å². The van der Waals surface area contributed by atoms with Gasteiger partial charge >= 0.3 is 0 Å². The summed E-state index contributed by atoms with van der Waals surface area (Å²) >= 11 is 0. The number of fused-ring (bicyclic) bond motifs is 2. The summed E-state index contributed by atoms with van der Waals surface area (Å²) in [6.45, 7) is 0.187. The molecular weight excluding hydrogens is 511 g/mol. The summed E-state index contributed by atoms with van der Waals surface area (Å²) in [7, 11) is 7.88. The second-order valence-corrected chi connectivity index (χ2v) is 10.2. The van der Waals surface area contributed by atoms with Crippen molar-refractivity contribution in [1.29, 1.82) is 0 Å². The number of carbonyl (C=O) groups is 5. The third-order valence-electron chi connectivity index (χ3n) is 6.93. The van der Waals surface area contributed by atoms with Crippen LogP contribution in [0.4, 0.5) is 4.39 Å². The Hall–Kier alpha value is -3.74.